The molecule has 0 aliphatic heterocycles. The molecule has 70 valence electrons. The molecule has 0 saturated carbocycles. The summed E-state index contributed by atoms with van der Waals surface area (Å²) in [6.45, 7) is 6.34. The summed E-state index contributed by atoms with van der Waals surface area (Å²) in [5.74, 6) is 0.842. The summed E-state index contributed by atoms with van der Waals surface area (Å²) in [5, 5.41) is 3.13. The van der Waals surface area contributed by atoms with Gasteiger partial charge in [-0.25, -0.2) is 4.98 Å². The second-order valence-electron chi connectivity index (χ2n) is 2.80. The van der Waals surface area contributed by atoms with Gasteiger partial charge in [0.2, 0.25) is 0 Å². The first-order valence-corrected chi connectivity index (χ1v) is 4.68. The second kappa shape index (κ2) is 4.28. The molecule has 0 aliphatic rings. The normalized spacial score (nSPS) is 9.69. The van der Waals surface area contributed by atoms with E-state index in [0.717, 1.165) is 15.9 Å². The first-order chi connectivity index (χ1) is 6.09. The predicted molar refractivity (Wildman–Crippen MR) is 59.9 cm³/mol. The van der Waals surface area contributed by atoms with Crippen molar-refractivity contribution in [3.8, 4) is 0 Å². The standard InChI is InChI=1S/C9H12BrN3/c1-6-3-8(11)5-13-9(6)12-4-7(2)10/h3,5H,2,4,11H2,1H3,(H,12,13). The highest BCUT2D eigenvalue weighted by Gasteiger charge is 1.98. The van der Waals surface area contributed by atoms with Crippen LogP contribution in [0.25, 0.3) is 0 Å². The van der Waals surface area contributed by atoms with Crippen molar-refractivity contribution in [3.63, 3.8) is 0 Å². The van der Waals surface area contributed by atoms with Crippen LogP contribution in [0.3, 0.4) is 0 Å². The molecule has 0 spiro atoms. The lowest BCUT2D eigenvalue weighted by molar-refractivity contribution is 1.19. The van der Waals surface area contributed by atoms with Crippen LogP contribution in [0, 0.1) is 6.92 Å². The molecule has 0 aromatic carbocycles. The van der Waals surface area contributed by atoms with Gasteiger partial charge < -0.3 is 11.1 Å². The summed E-state index contributed by atoms with van der Waals surface area (Å²) >= 11 is 3.26. The van der Waals surface area contributed by atoms with Crippen molar-refractivity contribution < 1.29 is 0 Å². The van der Waals surface area contributed by atoms with Gasteiger partial charge in [-0.2, -0.15) is 0 Å². The molecule has 0 atom stereocenters. The Labute approximate surface area is 86.2 Å². The van der Waals surface area contributed by atoms with Gasteiger partial charge in [-0.15, -0.1) is 0 Å². The number of nitrogens with two attached hydrogens (primary N) is 1. The van der Waals surface area contributed by atoms with E-state index in [1.807, 2.05) is 13.0 Å². The Morgan fingerprint density at radius 2 is 2.46 bits per heavy atom. The largest absolute Gasteiger partial charge is 0.397 e. The van der Waals surface area contributed by atoms with Gasteiger partial charge in [-0.05, 0) is 18.6 Å². The van der Waals surface area contributed by atoms with Gasteiger partial charge in [-0.3, -0.25) is 0 Å². The number of hydrogen-bond acceptors (Lipinski definition) is 3. The highest BCUT2D eigenvalue weighted by Crippen LogP contribution is 2.14. The Morgan fingerprint density at radius 1 is 1.77 bits per heavy atom. The summed E-state index contributed by atoms with van der Waals surface area (Å²) in [6, 6.07) is 1.88. The topological polar surface area (TPSA) is 50.9 Å². The fourth-order valence-electron chi connectivity index (χ4n) is 0.961. The number of aryl methyl sites for hydroxylation is 1. The number of rotatable bonds is 3. The summed E-state index contributed by atoms with van der Waals surface area (Å²) < 4.78 is 0.894. The minimum Gasteiger partial charge on any atom is -0.397 e. The summed E-state index contributed by atoms with van der Waals surface area (Å²) in [5.41, 5.74) is 7.28. The molecule has 0 unspecified atom stereocenters. The van der Waals surface area contributed by atoms with Crippen LogP contribution in [0.1, 0.15) is 5.56 Å². The number of nitrogens with zero attached hydrogens (tertiary/aromatic N) is 1. The van der Waals surface area contributed by atoms with Crippen LogP contribution in [-0.2, 0) is 0 Å². The molecule has 0 saturated heterocycles. The zero-order valence-electron chi connectivity index (χ0n) is 7.47. The molecule has 1 aromatic heterocycles. The molecule has 4 heteroatoms. The average Bonchev–Trinajstić information content (AvgIpc) is 2.02. The minimum atomic E-state index is 0.664. The predicted octanol–water partition coefficient (Wildman–Crippen LogP) is 2.29. The molecule has 0 fully saturated rings. The van der Waals surface area contributed by atoms with Gasteiger partial charge in [0.15, 0.2) is 0 Å². The molecular formula is C9H12BrN3. The van der Waals surface area contributed by atoms with Crippen LogP contribution in [0.4, 0.5) is 11.5 Å². The Balaban J connectivity index is 2.72. The van der Waals surface area contributed by atoms with E-state index in [-0.39, 0.29) is 0 Å². The van der Waals surface area contributed by atoms with Gasteiger partial charge in [-0.1, -0.05) is 22.5 Å². The van der Waals surface area contributed by atoms with E-state index in [1.54, 1.807) is 6.20 Å². The molecule has 3 nitrogen and oxygen atoms in total. The average molecular weight is 242 g/mol. The fourth-order valence-corrected chi connectivity index (χ4v) is 1.10. The van der Waals surface area contributed by atoms with Crippen molar-refractivity contribution in [2.75, 3.05) is 17.6 Å². The van der Waals surface area contributed by atoms with Crippen LogP contribution in [-0.4, -0.2) is 11.5 Å². The van der Waals surface area contributed by atoms with Gasteiger partial charge in [0, 0.05) is 11.0 Å². The Morgan fingerprint density at radius 3 is 3.00 bits per heavy atom. The third-order valence-corrected chi connectivity index (χ3v) is 1.83. The first-order valence-electron chi connectivity index (χ1n) is 3.89. The van der Waals surface area contributed by atoms with Gasteiger partial charge in [0.05, 0.1) is 11.9 Å². The van der Waals surface area contributed by atoms with E-state index in [2.05, 4.69) is 32.8 Å². The third kappa shape index (κ3) is 3.06. The summed E-state index contributed by atoms with van der Waals surface area (Å²) in [4.78, 5) is 4.15. The first kappa shape index (κ1) is 10.1. The maximum atomic E-state index is 5.57. The van der Waals surface area contributed by atoms with Gasteiger partial charge >= 0.3 is 0 Å². The number of aromatic nitrogens is 1. The van der Waals surface area contributed by atoms with Gasteiger partial charge in [0.1, 0.15) is 5.82 Å². The second-order valence-corrected chi connectivity index (χ2v) is 3.93. The lowest BCUT2D eigenvalue weighted by Gasteiger charge is -2.07. The summed E-state index contributed by atoms with van der Waals surface area (Å²) in [7, 11) is 0. The van der Waals surface area contributed by atoms with Crippen molar-refractivity contribution in [2.45, 2.75) is 6.92 Å². The lowest BCUT2D eigenvalue weighted by Crippen LogP contribution is -2.04. The molecule has 0 bridgehead atoms. The maximum Gasteiger partial charge on any atom is 0.129 e. The van der Waals surface area contributed by atoms with E-state index in [9.17, 15) is 0 Å². The van der Waals surface area contributed by atoms with Crippen molar-refractivity contribution in [1.82, 2.24) is 4.98 Å². The minimum absolute atomic E-state index is 0.664. The van der Waals surface area contributed by atoms with Gasteiger partial charge in [0.25, 0.3) is 0 Å². The van der Waals surface area contributed by atoms with Crippen molar-refractivity contribution in [2.24, 2.45) is 0 Å². The quantitative estimate of drug-likeness (QED) is 0.854. The smallest absolute Gasteiger partial charge is 0.129 e. The van der Waals surface area contributed by atoms with Crippen molar-refractivity contribution in [3.05, 3.63) is 28.9 Å². The number of nitrogens with one attached hydrogen (secondary N) is 1. The Hall–Kier alpha value is -1.03. The van der Waals surface area contributed by atoms with E-state index < -0.39 is 0 Å². The van der Waals surface area contributed by atoms with Crippen molar-refractivity contribution >= 4 is 27.4 Å². The van der Waals surface area contributed by atoms with Crippen LogP contribution < -0.4 is 11.1 Å². The fraction of sp³-hybridized carbons (Fsp3) is 0.222. The monoisotopic (exact) mass is 241 g/mol. The molecule has 1 rings (SSSR count). The SMILES string of the molecule is C=C(Br)CNc1ncc(N)cc1C. The lowest BCUT2D eigenvalue weighted by atomic mass is 10.2. The highest BCUT2D eigenvalue weighted by molar-refractivity contribution is 9.11. The van der Waals surface area contributed by atoms with E-state index in [4.69, 9.17) is 5.73 Å². The number of pyridine rings is 1. The highest BCUT2D eigenvalue weighted by atomic mass is 79.9. The third-order valence-electron chi connectivity index (χ3n) is 1.55. The Kier molecular flexibility index (Phi) is 3.31. The number of hydrogen-bond donors (Lipinski definition) is 2. The molecule has 3 N–H and O–H groups in total. The number of anilines is 2. The van der Waals surface area contributed by atoms with Crippen LogP contribution in [0.2, 0.25) is 0 Å². The molecule has 0 aliphatic carbocycles. The Bertz CT molecular complexity index is 323. The number of halogens is 1. The van der Waals surface area contributed by atoms with E-state index in [1.165, 1.54) is 0 Å². The van der Waals surface area contributed by atoms with E-state index in [0.29, 0.717) is 12.2 Å². The molecule has 1 heterocycles. The molecule has 0 radical (unpaired) electrons. The zero-order chi connectivity index (χ0) is 9.84. The van der Waals surface area contributed by atoms with Crippen molar-refractivity contribution in [1.29, 1.82) is 0 Å². The van der Waals surface area contributed by atoms with Crippen LogP contribution in [0.15, 0.2) is 23.3 Å². The molecular weight excluding hydrogens is 230 g/mol. The molecule has 1 aromatic rings. The molecule has 13 heavy (non-hydrogen) atoms. The van der Waals surface area contributed by atoms with E-state index >= 15 is 0 Å². The van der Waals surface area contributed by atoms with Crippen LogP contribution in [0.5, 0.6) is 0 Å². The maximum absolute atomic E-state index is 5.57. The number of nitrogen functional groups attached to an aromatic ring is 1. The summed E-state index contributed by atoms with van der Waals surface area (Å²) in [6.07, 6.45) is 1.63. The zero-order valence-corrected chi connectivity index (χ0v) is 9.06. The van der Waals surface area contributed by atoms with Crippen LogP contribution >= 0.6 is 15.9 Å². The molecule has 0 amide bonds.